The lowest BCUT2D eigenvalue weighted by atomic mass is 9.89. The predicted octanol–water partition coefficient (Wildman–Crippen LogP) is 5.98. The summed E-state index contributed by atoms with van der Waals surface area (Å²) in [5, 5.41) is 2.38. The van der Waals surface area contributed by atoms with Crippen molar-refractivity contribution in [3.05, 3.63) is 102 Å². The third-order valence-corrected chi connectivity index (χ3v) is 5.43. The monoisotopic (exact) mass is 349 g/mol. The van der Waals surface area contributed by atoms with Crippen LogP contribution in [0.5, 0.6) is 0 Å². The Morgan fingerprint density at radius 3 is 2.44 bits per heavy atom. The summed E-state index contributed by atoms with van der Waals surface area (Å²) < 4.78 is 0. The van der Waals surface area contributed by atoms with E-state index in [2.05, 4.69) is 54.6 Å². The molecule has 0 N–H and O–H groups in total. The largest absolute Gasteiger partial charge is 0.303 e. The van der Waals surface area contributed by atoms with Crippen LogP contribution in [-0.2, 0) is 6.54 Å². The summed E-state index contributed by atoms with van der Waals surface area (Å²) in [7, 11) is 0. The Bertz CT molecular complexity index is 1190. The summed E-state index contributed by atoms with van der Waals surface area (Å²) in [6, 6.07) is 28.8. The van der Waals surface area contributed by atoms with Crippen molar-refractivity contribution in [1.29, 1.82) is 0 Å². The molecule has 0 fully saturated rings. The zero-order valence-electron chi connectivity index (χ0n) is 15.1. The number of hydrogen-bond donors (Lipinski definition) is 0. The van der Waals surface area contributed by atoms with E-state index in [0.29, 0.717) is 6.54 Å². The summed E-state index contributed by atoms with van der Waals surface area (Å²) in [6.07, 6.45) is 0. The van der Waals surface area contributed by atoms with E-state index in [9.17, 15) is 4.79 Å². The number of carbonyl (C=O) groups excluding carboxylic acids is 1. The number of anilines is 1. The smallest absolute Gasteiger partial charge is 0.258 e. The van der Waals surface area contributed by atoms with Gasteiger partial charge in [0.25, 0.3) is 5.91 Å². The molecule has 1 heterocycles. The highest BCUT2D eigenvalue weighted by molar-refractivity contribution is 6.14. The van der Waals surface area contributed by atoms with Gasteiger partial charge >= 0.3 is 0 Å². The fourth-order valence-corrected chi connectivity index (χ4v) is 4.07. The van der Waals surface area contributed by atoms with E-state index in [1.165, 1.54) is 21.9 Å². The molecular formula is C25H19NO. The van der Waals surface area contributed by atoms with Crippen molar-refractivity contribution in [2.45, 2.75) is 13.5 Å². The zero-order chi connectivity index (χ0) is 18.4. The van der Waals surface area contributed by atoms with Gasteiger partial charge in [-0.15, -0.1) is 0 Å². The van der Waals surface area contributed by atoms with Crippen molar-refractivity contribution < 1.29 is 4.79 Å². The van der Waals surface area contributed by atoms with Crippen LogP contribution < -0.4 is 4.90 Å². The average molecular weight is 349 g/mol. The van der Waals surface area contributed by atoms with Gasteiger partial charge in [0.1, 0.15) is 0 Å². The molecule has 0 aromatic heterocycles. The Kier molecular flexibility index (Phi) is 3.58. The maximum absolute atomic E-state index is 13.5. The minimum Gasteiger partial charge on any atom is -0.303 e. The van der Waals surface area contributed by atoms with Crippen molar-refractivity contribution >= 4 is 22.4 Å². The van der Waals surface area contributed by atoms with Gasteiger partial charge in [-0.05, 0) is 46.5 Å². The van der Waals surface area contributed by atoms with E-state index in [1.807, 2.05) is 42.2 Å². The molecule has 0 aliphatic carbocycles. The van der Waals surface area contributed by atoms with E-state index in [-0.39, 0.29) is 5.91 Å². The fourth-order valence-electron chi connectivity index (χ4n) is 4.07. The van der Waals surface area contributed by atoms with Crippen LogP contribution in [0.3, 0.4) is 0 Å². The van der Waals surface area contributed by atoms with E-state index in [4.69, 9.17) is 0 Å². The Morgan fingerprint density at radius 1 is 0.815 bits per heavy atom. The highest BCUT2D eigenvalue weighted by atomic mass is 16.2. The molecule has 1 amide bonds. The van der Waals surface area contributed by atoms with Gasteiger partial charge in [-0.3, -0.25) is 4.79 Å². The maximum Gasteiger partial charge on any atom is 0.258 e. The van der Waals surface area contributed by atoms with Gasteiger partial charge < -0.3 is 4.90 Å². The zero-order valence-corrected chi connectivity index (χ0v) is 15.1. The number of benzene rings is 4. The number of hydrogen-bond acceptors (Lipinski definition) is 1. The number of fused-ring (bicyclic) bond motifs is 5. The molecule has 130 valence electrons. The summed E-state index contributed by atoms with van der Waals surface area (Å²) in [5.41, 5.74) is 6.30. The van der Waals surface area contributed by atoms with Crippen LogP contribution in [0.4, 0.5) is 5.69 Å². The molecule has 27 heavy (non-hydrogen) atoms. The first-order valence-electron chi connectivity index (χ1n) is 9.21. The first-order valence-corrected chi connectivity index (χ1v) is 9.21. The van der Waals surface area contributed by atoms with E-state index in [0.717, 1.165) is 22.4 Å². The summed E-state index contributed by atoms with van der Waals surface area (Å²) in [6.45, 7) is 2.58. The molecule has 0 atom stereocenters. The molecule has 0 unspecified atom stereocenters. The molecule has 0 bridgehead atoms. The van der Waals surface area contributed by atoms with Crippen molar-refractivity contribution in [2.24, 2.45) is 0 Å². The lowest BCUT2D eigenvalue weighted by Gasteiger charge is -2.32. The summed E-state index contributed by atoms with van der Waals surface area (Å²) >= 11 is 0. The maximum atomic E-state index is 13.5. The highest BCUT2D eigenvalue weighted by Gasteiger charge is 2.28. The van der Waals surface area contributed by atoms with Gasteiger partial charge in [-0.2, -0.15) is 0 Å². The van der Waals surface area contributed by atoms with Gasteiger partial charge in [-0.25, -0.2) is 0 Å². The topological polar surface area (TPSA) is 20.3 Å². The molecule has 1 aliphatic heterocycles. The second-order valence-electron chi connectivity index (χ2n) is 7.04. The van der Waals surface area contributed by atoms with Crippen molar-refractivity contribution in [1.82, 2.24) is 0 Å². The Balaban J connectivity index is 1.77. The van der Waals surface area contributed by atoms with Gasteiger partial charge in [0, 0.05) is 11.1 Å². The average Bonchev–Trinajstić information content (AvgIpc) is 2.72. The van der Waals surface area contributed by atoms with Crippen LogP contribution in [-0.4, -0.2) is 5.91 Å². The van der Waals surface area contributed by atoms with Crippen molar-refractivity contribution in [2.75, 3.05) is 4.90 Å². The van der Waals surface area contributed by atoms with Crippen molar-refractivity contribution in [3.8, 4) is 11.1 Å². The molecule has 0 saturated carbocycles. The summed E-state index contributed by atoms with van der Waals surface area (Å²) in [5.74, 6) is 0.0548. The molecule has 2 heteroatoms. The lowest BCUT2D eigenvalue weighted by Crippen LogP contribution is -2.33. The van der Waals surface area contributed by atoms with Gasteiger partial charge in [-0.1, -0.05) is 72.8 Å². The molecule has 0 spiro atoms. The first kappa shape index (κ1) is 15.8. The molecule has 4 aromatic rings. The molecule has 2 nitrogen and oxygen atoms in total. The Hall–Kier alpha value is -3.39. The van der Waals surface area contributed by atoms with E-state index >= 15 is 0 Å². The van der Waals surface area contributed by atoms with Crippen LogP contribution in [0.2, 0.25) is 0 Å². The van der Waals surface area contributed by atoms with Crippen LogP contribution in [0, 0.1) is 6.92 Å². The second kappa shape index (κ2) is 6.10. The molecular weight excluding hydrogens is 330 g/mol. The molecule has 0 saturated heterocycles. The van der Waals surface area contributed by atoms with Crippen LogP contribution in [0.15, 0.2) is 84.9 Å². The Morgan fingerprint density at radius 2 is 1.56 bits per heavy atom. The van der Waals surface area contributed by atoms with Gasteiger partial charge in [0.15, 0.2) is 0 Å². The molecule has 5 rings (SSSR count). The number of aryl methyl sites for hydroxylation is 1. The first-order chi connectivity index (χ1) is 13.2. The van der Waals surface area contributed by atoms with Crippen LogP contribution >= 0.6 is 0 Å². The predicted molar refractivity (Wildman–Crippen MR) is 111 cm³/mol. The van der Waals surface area contributed by atoms with Crippen LogP contribution in [0.25, 0.3) is 21.9 Å². The van der Waals surface area contributed by atoms with Crippen LogP contribution in [0.1, 0.15) is 21.5 Å². The van der Waals surface area contributed by atoms with Crippen molar-refractivity contribution in [3.63, 3.8) is 0 Å². The lowest BCUT2D eigenvalue weighted by molar-refractivity contribution is 0.0984. The van der Waals surface area contributed by atoms with Gasteiger partial charge in [0.05, 0.1) is 12.2 Å². The van der Waals surface area contributed by atoms with Gasteiger partial charge in [0.2, 0.25) is 0 Å². The normalized spacial score (nSPS) is 12.6. The SMILES string of the molecule is Cc1ccccc1C(=O)N1Cc2ccccc2-c2c1ccc1ccccc21. The standard InChI is InChI=1S/C25H19NO/c1-17-8-2-5-11-20(17)25(27)26-16-19-10-4-7-13-22(19)24-21-12-6-3-9-18(21)14-15-23(24)26/h2-15H,16H2,1H3. The summed E-state index contributed by atoms with van der Waals surface area (Å²) in [4.78, 5) is 15.4. The number of amides is 1. The number of rotatable bonds is 1. The molecule has 0 radical (unpaired) electrons. The number of nitrogens with zero attached hydrogens (tertiary/aromatic N) is 1. The number of carbonyl (C=O) groups is 1. The third-order valence-electron chi connectivity index (χ3n) is 5.43. The minimum absolute atomic E-state index is 0.0548. The molecule has 4 aromatic carbocycles. The fraction of sp³-hybridized carbons (Fsp3) is 0.0800. The van der Waals surface area contributed by atoms with E-state index in [1.54, 1.807) is 0 Å². The third kappa shape index (κ3) is 2.45. The van der Waals surface area contributed by atoms with E-state index < -0.39 is 0 Å². The second-order valence-corrected chi connectivity index (χ2v) is 7.04. The minimum atomic E-state index is 0.0548. The Labute approximate surface area is 158 Å². The highest BCUT2D eigenvalue weighted by Crippen LogP contribution is 2.44. The molecule has 1 aliphatic rings. The quantitative estimate of drug-likeness (QED) is 0.414.